The van der Waals surface area contributed by atoms with Crippen LogP contribution in [-0.2, 0) is 16.1 Å². The fraction of sp³-hybridized carbons (Fsp3) is 0.364. The van der Waals surface area contributed by atoms with Crippen LogP contribution in [-0.4, -0.2) is 49.9 Å². The molecular formula is C22H27FN4O2. The Morgan fingerprint density at radius 1 is 1.14 bits per heavy atom. The molecule has 2 amide bonds. The van der Waals surface area contributed by atoms with Gasteiger partial charge in [-0.05, 0) is 49.7 Å². The first-order valence-corrected chi connectivity index (χ1v) is 9.76. The van der Waals surface area contributed by atoms with Crippen LogP contribution < -0.4 is 15.5 Å². The predicted molar refractivity (Wildman–Crippen MR) is 112 cm³/mol. The summed E-state index contributed by atoms with van der Waals surface area (Å²) < 4.78 is 13.9. The number of hydrogen-bond acceptors (Lipinski definition) is 4. The SMILES string of the molecule is CN(C)c1ccc(NC(=O)CNC(=O)C2CCCN2Cc2ccccc2F)cc1. The van der Waals surface area contributed by atoms with Crippen molar-refractivity contribution in [2.75, 3.05) is 37.4 Å². The highest BCUT2D eigenvalue weighted by atomic mass is 19.1. The Labute approximate surface area is 170 Å². The van der Waals surface area contributed by atoms with E-state index >= 15 is 0 Å². The number of halogens is 1. The average molecular weight is 398 g/mol. The van der Waals surface area contributed by atoms with Crippen LogP contribution in [0, 0.1) is 5.82 Å². The fourth-order valence-corrected chi connectivity index (χ4v) is 3.49. The third-order valence-corrected chi connectivity index (χ3v) is 5.09. The van der Waals surface area contributed by atoms with E-state index in [0.717, 1.165) is 18.7 Å². The van der Waals surface area contributed by atoms with Crippen molar-refractivity contribution >= 4 is 23.2 Å². The summed E-state index contributed by atoms with van der Waals surface area (Å²) in [6, 6.07) is 13.7. The lowest BCUT2D eigenvalue weighted by Crippen LogP contribution is -2.45. The zero-order valence-corrected chi connectivity index (χ0v) is 16.8. The van der Waals surface area contributed by atoms with Gasteiger partial charge in [0.1, 0.15) is 5.82 Å². The van der Waals surface area contributed by atoms with Crippen LogP contribution in [0.1, 0.15) is 18.4 Å². The monoisotopic (exact) mass is 398 g/mol. The van der Waals surface area contributed by atoms with Crippen molar-refractivity contribution in [2.24, 2.45) is 0 Å². The molecule has 3 rings (SSSR count). The number of likely N-dealkylation sites (tertiary alicyclic amines) is 1. The number of rotatable bonds is 7. The molecule has 6 nitrogen and oxygen atoms in total. The predicted octanol–water partition coefficient (Wildman–Crippen LogP) is 2.61. The van der Waals surface area contributed by atoms with Gasteiger partial charge in [0, 0.05) is 37.6 Å². The summed E-state index contributed by atoms with van der Waals surface area (Å²) in [5.41, 5.74) is 2.29. The zero-order valence-electron chi connectivity index (χ0n) is 16.8. The van der Waals surface area contributed by atoms with Crippen molar-refractivity contribution < 1.29 is 14.0 Å². The molecule has 7 heteroatoms. The van der Waals surface area contributed by atoms with Crippen molar-refractivity contribution in [3.05, 3.63) is 59.9 Å². The topological polar surface area (TPSA) is 64.7 Å². The number of benzene rings is 2. The molecule has 2 aromatic rings. The van der Waals surface area contributed by atoms with Gasteiger partial charge < -0.3 is 15.5 Å². The molecule has 2 N–H and O–H groups in total. The van der Waals surface area contributed by atoms with Crippen LogP contribution in [0.2, 0.25) is 0 Å². The maximum Gasteiger partial charge on any atom is 0.243 e. The number of carbonyl (C=O) groups is 2. The second-order valence-electron chi connectivity index (χ2n) is 7.43. The molecule has 0 bridgehead atoms. The summed E-state index contributed by atoms with van der Waals surface area (Å²) in [5, 5.41) is 5.49. The van der Waals surface area contributed by atoms with E-state index in [4.69, 9.17) is 0 Å². The highest BCUT2D eigenvalue weighted by Crippen LogP contribution is 2.21. The second kappa shape index (κ2) is 9.52. The molecule has 1 atom stereocenters. The van der Waals surface area contributed by atoms with E-state index in [0.29, 0.717) is 24.2 Å². The van der Waals surface area contributed by atoms with Gasteiger partial charge in [-0.3, -0.25) is 14.5 Å². The van der Waals surface area contributed by atoms with E-state index in [1.54, 1.807) is 18.2 Å². The summed E-state index contributed by atoms with van der Waals surface area (Å²) in [7, 11) is 3.89. The lowest BCUT2D eigenvalue weighted by Gasteiger charge is -2.23. The van der Waals surface area contributed by atoms with Gasteiger partial charge >= 0.3 is 0 Å². The van der Waals surface area contributed by atoms with Gasteiger partial charge in [-0.25, -0.2) is 4.39 Å². The van der Waals surface area contributed by atoms with E-state index in [9.17, 15) is 14.0 Å². The van der Waals surface area contributed by atoms with Crippen LogP contribution in [0.3, 0.4) is 0 Å². The Hall–Kier alpha value is -2.93. The maximum atomic E-state index is 13.9. The quantitative estimate of drug-likeness (QED) is 0.753. The maximum absolute atomic E-state index is 13.9. The molecule has 1 unspecified atom stereocenters. The summed E-state index contributed by atoms with van der Waals surface area (Å²) >= 11 is 0. The molecule has 0 saturated carbocycles. The van der Waals surface area contributed by atoms with Gasteiger partial charge in [-0.15, -0.1) is 0 Å². The number of hydrogen-bond donors (Lipinski definition) is 2. The number of anilines is 2. The number of amides is 2. The molecule has 154 valence electrons. The molecule has 1 aliphatic heterocycles. The van der Waals surface area contributed by atoms with E-state index in [2.05, 4.69) is 10.6 Å². The first-order chi connectivity index (χ1) is 13.9. The van der Waals surface area contributed by atoms with Crippen LogP contribution in [0.5, 0.6) is 0 Å². The van der Waals surface area contributed by atoms with E-state index in [-0.39, 0.29) is 30.2 Å². The molecule has 2 aromatic carbocycles. The molecule has 1 saturated heterocycles. The van der Waals surface area contributed by atoms with E-state index in [1.165, 1.54) is 6.07 Å². The largest absolute Gasteiger partial charge is 0.378 e. The highest BCUT2D eigenvalue weighted by molar-refractivity contribution is 5.95. The minimum atomic E-state index is -0.346. The fourth-order valence-electron chi connectivity index (χ4n) is 3.49. The van der Waals surface area contributed by atoms with Crippen LogP contribution >= 0.6 is 0 Å². The van der Waals surface area contributed by atoms with Crippen molar-refractivity contribution in [2.45, 2.75) is 25.4 Å². The van der Waals surface area contributed by atoms with Gasteiger partial charge in [-0.1, -0.05) is 18.2 Å². The van der Waals surface area contributed by atoms with Crippen molar-refractivity contribution in [1.29, 1.82) is 0 Å². The van der Waals surface area contributed by atoms with Gasteiger partial charge in [-0.2, -0.15) is 0 Å². The van der Waals surface area contributed by atoms with Gasteiger partial charge in [0.25, 0.3) is 0 Å². The molecule has 0 radical (unpaired) electrons. The smallest absolute Gasteiger partial charge is 0.243 e. The Kier molecular flexibility index (Phi) is 6.82. The Morgan fingerprint density at radius 2 is 1.86 bits per heavy atom. The number of nitrogens with one attached hydrogen (secondary N) is 2. The number of nitrogens with zero attached hydrogens (tertiary/aromatic N) is 2. The molecule has 0 aliphatic carbocycles. The Balaban J connectivity index is 1.50. The van der Waals surface area contributed by atoms with E-state index < -0.39 is 0 Å². The third kappa shape index (κ3) is 5.54. The van der Waals surface area contributed by atoms with Crippen molar-refractivity contribution in [3.8, 4) is 0 Å². The third-order valence-electron chi connectivity index (χ3n) is 5.09. The van der Waals surface area contributed by atoms with Crippen LogP contribution in [0.15, 0.2) is 48.5 Å². The summed E-state index contributed by atoms with van der Waals surface area (Å²) in [6.07, 6.45) is 1.57. The first kappa shape index (κ1) is 20.8. The van der Waals surface area contributed by atoms with Crippen LogP contribution in [0.4, 0.5) is 15.8 Å². The molecule has 1 aliphatic rings. The van der Waals surface area contributed by atoms with Crippen molar-refractivity contribution in [1.82, 2.24) is 10.2 Å². The lowest BCUT2D eigenvalue weighted by molar-refractivity contribution is -0.127. The normalized spacial score (nSPS) is 16.4. The van der Waals surface area contributed by atoms with Gasteiger partial charge in [0.2, 0.25) is 11.8 Å². The van der Waals surface area contributed by atoms with Crippen LogP contribution in [0.25, 0.3) is 0 Å². The average Bonchev–Trinajstić information content (AvgIpc) is 3.16. The second-order valence-corrected chi connectivity index (χ2v) is 7.43. The molecule has 29 heavy (non-hydrogen) atoms. The summed E-state index contributed by atoms with van der Waals surface area (Å²) in [4.78, 5) is 28.7. The summed E-state index contributed by atoms with van der Waals surface area (Å²) in [6.45, 7) is 1.02. The van der Waals surface area contributed by atoms with E-state index in [1.807, 2.05) is 48.2 Å². The molecular weight excluding hydrogens is 371 g/mol. The molecule has 1 heterocycles. The molecule has 1 fully saturated rings. The standard InChI is InChI=1S/C22H27FN4O2/c1-26(2)18-11-9-17(10-12-18)25-21(28)14-24-22(29)20-8-5-13-27(20)15-16-6-3-4-7-19(16)23/h3-4,6-7,9-12,20H,5,8,13-15H2,1-2H3,(H,24,29)(H,25,28). The highest BCUT2D eigenvalue weighted by Gasteiger charge is 2.31. The van der Waals surface area contributed by atoms with Gasteiger partial charge in [0.05, 0.1) is 12.6 Å². The first-order valence-electron chi connectivity index (χ1n) is 9.76. The molecule has 0 spiro atoms. The lowest BCUT2D eigenvalue weighted by atomic mass is 10.1. The summed E-state index contributed by atoms with van der Waals surface area (Å²) in [5.74, 6) is -0.746. The minimum Gasteiger partial charge on any atom is -0.378 e. The zero-order chi connectivity index (χ0) is 20.8. The minimum absolute atomic E-state index is 0.0989. The Morgan fingerprint density at radius 3 is 2.55 bits per heavy atom. The van der Waals surface area contributed by atoms with Crippen molar-refractivity contribution in [3.63, 3.8) is 0 Å². The number of carbonyl (C=O) groups excluding carboxylic acids is 2. The molecule has 0 aromatic heterocycles. The Bertz CT molecular complexity index is 854. The van der Waals surface area contributed by atoms with Gasteiger partial charge in [0.15, 0.2) is 0 Å².